The van der Waals surface area contributed by atoms with Crippen LogP contribution in [-0.4, -0.2) is 35.3 Å². The highest BCUT2D eigenvalue weighted by atomic mass is 32.2. The molecule has 0 saturated heterocycles. The second-order valence-electron chi connectivity index (χ2n) is 6.15. The van der Waals surface area contributed by atoms with Gasteiger partial charge in [0.15, 0.2) is 0 Å². The van der Waals surface area contributed by atoms with Crippen molar-refractivity contribution in [3.63, 3.8) is 0 Å². The average molecular weight is 369 g/mol. The van der Waals surface area contributed by atoms with E-state index in [1.54, 1.807) is 11.8 Å². The monoisotopic (exact) mass is 368 g/mol. The molecule has 1 aromatic heterocycles. The van der Waals surface area contributed by atoms with Gasteiger partial charge < -0.3 is 14.8 Å². The van der Waals surface area contributed by atoms with Gasteiger partial charge in [-0.15, -0.1) is 0 Å². The number of benzene rings is 2. The van der Waals surface area contributed by atoms with Gasteiger partial charge in [-0.25, -0.2) is 4.98 Å². The van der Waals surface area contributed by atoms with Gasteiger partial charge in [-0.1, -0.05) is 18.2 Å². The smallest absolute Gasteiger partial charge is 0.244 e. The van der Waals surface area contributed by atoms with Crippen molar-refractivity contribution >= 4 is 40.1 Å². The van der Waals surface area contributed by atoms with Gasteiger partial charge in [-0.05, 0) is 43.5 Å². The fourth-order valence-electron chi connectivity index (χ4n) is 2.89. The molecule has 26 heavy (non-hydrogen) atoms. The number of imidazole rings is 1. The Bertz CT molecular complexity index is 906. The summed E-state index contributed by atoms with van der Waals surface area (Å²) in [6.45, 7) is 3.27. The Balaban J connectivity index is 1.80. The zero-order valence-electron chi connectivity index (χ0n) is 15.4. The fourth-order valence-corrected chi connectivity index (χ4v) is 3.37. The second-order valence-corrected chi connectivity index (χ2v) is 7.01. The quantitative estimate of drug-likeness (QED) is 0.685. The zero-order valence-corrected chi connectivity index (χ0v) is 16.2. The molecule has 1 heterocycles. The summed E-state index contributed by atoms with van der Waals surface area (Å²) in [5, 5.41) is 3.01. The Kier molecular flexibility index (Phi) is 5.83. The van der Waals surface area contributed by atoms with Crippen molar-refractivity contribution in [1.29, 1.82) is 0 Å². The van der Waals surface area contributed by atoms with Crippen LogP contribution in [0.5, 0.6) is 0 Å². The van der Waals surface area contributed by atoms with Gasteiger partial charge in [-0.2, -0.15) is 11.8 Å². The van der Waals surface area contributed by atoms with Crippen LogP contribution in [0.2, 0.25) is 0 Å². The maximum absolute atomic E-state index is 12.7. The molecule has 1 N–H and O–H groups in total. The lowest BCUT2D eigenvalue weighted by atomic mass is 10.2. The molecule has 1 amide bonds. The Morgan fingerprint density at radius 1 is 1.23 bits per heavy atom. The third-order valence-corrected chi connectivity index (χ3v) is 4.90. The summed E-state index contributed by atoms with van der Waals surface area (Å²) in [7, 11) is 2.03. The van der Waals surface area contributed by atoms with Gasteiger partial charge in [0.25, 0.3) is 0 Å². The van der Waals surface area contributed by atoms with E-state index in [9.17, 15) is 4.79 Å². The SMILES string of the molecule is CCN(C)c1cccc(NC(=O)Cn2c(CSC)nc3ccccc32)c1. The van der Waals surface area contributed by atoms with Crippen molar-refractivity contribution < 1.29 is 4.79 Å². The van der Waals surface area contributed by atoms with E-state index in [0.29, 0.717) is 0 Å². The standard InChI is InChI=1S/C20H24N4OS/c1-4-23(2)16-9-7-8-15(12-16)21-20(25)13-24-18-11-6-5-10-17(18)22-19(24)14-26-3/h5-12H,4,13-14H2,1-3H3,(H,21,25). The van der Waals surface area contributed by atoms with Crippen molar-refractivity contribution in [2.24, 2.45) is 0 Å². The zero-order chi connectivity index (χ0) is 18.5. The van der Waals surface area contributed by atoms with Crippen LogP contribution in [0.1, 0.15) is 12.7 Å². The van der Waals surface area contributed by atoms with Gasteiger partial charge in [0.1, 0.15) is 12.4 Å². The van der Waals surface area contributed by atoms with Crippen molar-refractivity contribution in [3.8, 4) is 0 Å². The number of hydrogen-bond donors (Lipinski definition) is 1. The molecule has 0 aliphatic carbocycles. The third kappa shape index (κ3) is 4.02. The molecular weight excluding hydrogens is 344 g/mol. The van der Waals surface area contributed by atoms with E-state index in [-0.39, 0.29) is 12.5 Å². The first-order chi connectivity index (χ1) is 12.6. The lowest BCUT2D eigenvalue weighted by Crippen LogP contribution is -2.20. The van der Waals surface area contributed by atoms with Gasteiger partial charge in [-0.3, -0.25) is 4.79 Å². The topological polar surface area (TPSA) is 50.2 Å². The number of rotatable bonds is 7. The van der Waals surface area contributed by atoms with Crippen molar-refractivity contribution in [2.45, 2.75) is 19.2 Å². The highest BCUT2D eigenvalue weighted by Gasteiger charge is 2.13. The van der Waals surface area contributed by atoms with E-state index in [1.807, 2.05) is 66.4 Å². The molecule has 136 valence electrons. The first-order valence-corrected chi connectivity index (χ1v) is 10.1. The first-order valence-electron chi connectivity index (χ1n) is 8.66. The Morgan fingerprint density at radius 2 is 2.04 bits per heavy atom. The summed E-state index contributed by atoms with van der Waals surface area (Å²) >= 11 is 1.70. The number of carbonyl (C=O) groups excluding carboxylic acids is 1. The maximum atomic E-state index is 12.7. The van der Waals surface area contributed by atoms with Gasteiger partial charge in [0.2, 0.25) is 5.91 Å². The predicted molar refractivity (Wildman–Crippen MR) is 111 cm³/mol. The number of aromatic nitrogens is 2. The van der Waals surface area contributed by atoms with Crippen LogP contribution in [0.4, 0.5) is 11.4 Å². The van der Waals surface area contributed by atoms with E-state index in [1.165, 1.54) is 0 Å². The summed E-state index contributed by atoms with van der Waals surface area (Å²) in [4.78, 5) is 19.5. The van der Waals surface area contributed by atoms with E-state index < -0.39 is 0 Å². The van der Waals surface area contributed by atoms with Crippen LogP contribution in [0.25, 0.3) is 11.0 Å². The van der Waals surface area contributed by atoms with Crippen LogP contribution in [-0.2, 0) is 17.1 Å². The predicted octanol–water partition coefficient (Wildman–Crippen LogP) is 3.99. The summed E-state index contributed by atoms with van der Waals surface area (Å²) < 4.78 is 2.00. The van der Waals surface area contributed by atoms with Crippen LogP contribution >= 0.6 is 11.8 Å². The number of hydrogen-bond acceptors (Lipinski definition) is 4. The van der Waals surface area contributed by atoms with Crippen LogP contribution < -0.4 is 10.2 Å². The van der Waals surface area contributed by atoms with Crippen molar-refractivity contribution in [3.05, 3.63) is 54.4 Å². The Hall–Kier alpha value is -2.47. The summed E-state index contributed by atoms with van der Waals surface area (Å²) in [5.41, 5.74) is 3.81. The Morgan fingerprint density at radius 3 is 2.81 bits per heavy atom. The lowest BCUT2D eigenvalue weighted by Gasteiger charge is -2.18. The molecule has 3 aromatic rings. The molecule has 0 bridgehead atoms. The molecule has 0 radical (unpaired) electrons. The molecule has 0 atom stereocenters. The number of thioether (sulfide) groups is 1. The molecule has 3 rings (SSSR count). The Labute approximate surface area is 158 Å². The molecule has 0 saturated carbocycles. The fraction of sp³-hybridized carbons (Fsp3) is 0.300. The molecule has 2 aromatic carbocycles. The number of carbonyl (C=O) groups is 1. The largest absolute Gasteiger partial charge is 0.375 e. The molecule has 0 unspecified atom stereocenters. The number of nitrogens with one attached hydrogen (secondary N) is 1. The third-order valence-electron chi connectivity index (χ3n) is 4.35. The van der Waals surface area contributed by atoms with Crippen molar-refractivity contribution in [1.82, 2.24) is 9.55 Å². The molecule has 6 heteroatoms. The van der Waals surface area contributed by atoms with E-state index in [4.69, 9.17) is 0 Å². The van der Waals surface area contributed by atoms with Crippen LogP contribution in [0.15, 0.2) is 48.5 Å². The van der Waals surface area contributed by atoms with Gasteiger partial charge >= 0.3 is 0 Å². The second kappa shape index (κ2) is 8.27. The minimum Gasteiger partial charge on any atom is -0.375 e. The molecule has 5 nitrogen and oxygen atoms in total. The summed E-state index contributed by atoms with van der Waals surface area (Å²) in [6.07, 6.45) is 2.04. The van der Waals surface area contributed by atoms with Crippen molar-refractivity contribution in [2.75, 3.05) is 30.1 Å². The normalized spacial score (nSPS) is 10.9. The minimum atomic E-state index is -0.0493. The molecule has 0 aliphatic heterocycles. The first kappa shape index (κ1) is 18.3. The molecule has 0 aliphatic rings. The minimum absolute atomic E-state index is 0.0493. The summed E-state index contributed by atoms with van der Waals surface area (Å²) in [6, 6.07) is 15.9. The number of fused-ring (bicyclic) bond motifs is 1. The highest BCUT2D eigenvalue weighted by Crippen LogP contribution is 2.21. The molecular formula is C20H24N4OS. The number of anilines is 2. The number of para-hydroxylation sites is 2. The highest BCUT2D eigenvalue weighted by molar-refractivity contribution is 7.97. The average Bonchev–Trinajstić information content (AvgIpc) is 2.99. The lowest BCUT2D eigenvalue weighted by molar-refractivity contribution is -0.116. The molecule has 0 spiro atoms. The van der Waals surface area contributed by atoms with Crippen LogP contribution in [0.3, 0.4) is 0 Å². The van der Waals surface area contributed by atoms with E-state index in [0.717, 1.165) is 40.5 Å². The molecule has 0 fully saturated rings. The number of nitrogens with zero attached hydrogens (tertiary/aromatic N) is 3. The van der Waals surface area contributed by atoms with Crippen LogP contribution in [0, 0.1) is 0 Å². The maximum Gasteiger partial charge on any atom is 0.244 e. The number of amides is 1. The van der Waals surface area contributed by atoms with Gasteiger partial charge in [0.05, 0.1) is 16.8 Å². The van der Waals surface area contributed by atoms with Gasteiger partial charge in [0, 0.05) is 25.0 Å². The summed E-state index contributed by atoms with van der Waals surface area (Å²) in [5.74, 6) is 1.65. The van der Waals surface area contributed by atoms with E-state index in [2.05, 4.69) is 22.1 Å². The van der Waals surface area contributed by atoms with E-state index >= 15 is 0 Å².